The molecule has 7 heteroatoms. The number of tetrazole rings is 1. The number of aromatic nitrogens is 4. The number of hydrogen-bond acceptors (Lipinski definition) is 5. The van der Waals surface area contributed by atoms with Crippen molar-refractivity contribution in [3.05, 3.63) is 29.8 Å². The van der Waals surface area contributed by atoms with E-state index in [1.807, 2.05) is 45.9 Å². The molecule has 1 aromatic heterocycles. The monoisotopic (exact) mass is 361 g/mol. The van der Waals surface area contributed by atoms with Gasteiger partial charge >= 0.3 is 0 Å². The molecule has 1 N–H and O–H groups in total. The maximum absolute atomic E-state index is 12.7. The van der Waals surface area contributed by atoms with E-state index >= 15 is 0 Å². The molecule has 6 nitrogen and oxygen atoms in total. The number of thioether (sulfide) groups is 1. The molecule has 0 radical (unpaired) electrons. The highest BCUT2D eigenvalue weighted by Gasteiger charge is 2.24. The van der Waals surface area contributed by atoms with E-state index in [0.29, 0.717) is 11.1 Å². The van der Waals surface area contributed by atoms with Gasteiger partial charge in [0.15, 0.2) is 0 Å². The van der Waals surface area contributed by atoms with Crippen molar-refractivity contribution >= 4 is 23.4 Å². The first-order chi connectivity index (χ1) is 11.7. The Kier molecular flexibility index (Phi) is 6.21. The van der Waals surface area contributed by atoms with Crippen molar-refractivity contribution in [2.75, 3.05) is 5.32 Å². The Morgan fingerprint density at radius 2 is 1.96 bits per heavy atom. The van der Waals surface area contributed by atoms with Gasteiger partial charge in [-0.3, -0.25) is 4.79 Å². The second kappa shape index (κ2) is 7.99. The number of carbonyl (C=O) groups is 1. The van der Waals surface area contributed by atoms with E-state index in [2.05, 4.69) is 40.8 Å². The number of rotatable bonds is 6. The highest BCUT2D eigenvalue weighted by atomic mass is 32.2. The van der Waals surface area contributed by atoms with Crippen LogP contribution in [0.2, 0.25) is 0 Å². The van der Waals surface area contributed by atoms with Crippen LogP contribution in [0.25, 0.3) is 0 Å². The summed E-state index contributed by atoms with van der Waals surface area (Å²) in [6, 6.07) is 7.98. The van der Waals surface area contributed by atoms with E-state index in [0.717, 1.165) is 17.7 Å². The molecular weight excluding hydrogens is 334 g/mol. The fraction of sp³-hybridized carbons (Fsp3) is 0.556. The maximum atomic E-state index is 12.7. The number of amides is 1. The summed E-state index contributed by atoms with van der Waals surface area (Å²) in [4.78, 5) is 12.7. The largest absolute Gasteiger partial charge is 0.325 e. The first-order valence-corrected chi connectivity index (χ1v) is 9.47. The smallest absolute Gasteiger partial charge is 0.237 e. The van der Waals surface area contributed by atoms with E-state index in [1.165, 1.54) is 11.8 Å². The Labute approximate surface area is 153 Å². The molecule has 0 aliphatic carbocycles. The predicted molar refractivity (Wildman–Crippen MR) is 102 cm³/mol. The van der Waals surface area contributed by atoms with Crippen LogP contribution < -0.4 is 5.32 Å². The van der Waals surface area contributed by atoms with Gasteiger partial charge in [-0.15, -0.1) is 5.10 Å². The van der Waals surface area contributed by atoms with E-state index in [-0.39, 0.29) is 16.7 Å². The summed E-state index contributed by atoms with van der Waals surface area (Å²) in [6.07, 6.45) is 1.03. The van der Waals surface area contributed by atoms with Gasteiger partial charge < -0.3 is 5.32 Å². The molecule has 0 saturated carbocycles. The van der Waals surface area contributed by atoms with Crippen molar-refractivity contribution in [3.63, 3.8) is 0 Å². The van der Waals surface area contributed by atoms with E-state index in [4.69, 9.17) is 0 Å². The standard InChI is InChI=1S/C18H27N5OS/c1-7-12(2)14-10-8-9-11-15(14)19-16(24)13(3)25-17-20-21-22-23(17)18(4,5)6/h8-13H,7H2,1-6H3,(H,19,24). The van der Waals surface area contributed by atoms with E-state index in [1.54, 1.807) is 4.68 Å². The number of carbonyl (C=O) groups excluding carboxylic acids is 1. The van der Waals surface area contributed by atoms with Gasteiger partial charge in [0.1, 0.15) is 0 Å². The average molecular weight is 362 g/mol. The fourth-order valence-corrected chi connectivity index (χ4v) is 3.36. The lowest BCUT2D eigenvalue weighted by Crippen LogP contribution is -2.27. The second-order valence-corrected chi connectivity index (χ2v) is 8.50. The lowest BCUT2D eigenvalue weighted by Gasteiger charge is -2.21. The molecule has 25 heavy (non-hydrogen) atoms. The minimum absolute atomic E-state index is 0.0517. The van der Waals surface area contributed by atoms with Gasteiger partial charge in [0.25, 0.3) is 0 Å². The Morgan fingerprint density at radius 1 is 1.28 bits per heavy atom. The maximum Gasteiger partial charge on any atom is 0.237 e. The summed E-state index contributed by atoms with van der Waals surface area (Å²) in [5, 5.41) is 15.2. The zero-order valence-electron chi connectivity index (χ0n) is 15.8. The van der Waals surface area contributed by atoms with E-state index in [9.17, 15) is 4.79 Å². The number of nitrogens with one attached hydrogen (secondary N) is 1. The van der Waals surface area contributed by atoms with Crippen molar-refractivity contribution in [3.8, 4) is 0 Å². The minimum atomic E-state index is -0.308. The highest BCUT2D eigenvalue weighted by molar-refractivity contribution is 8.00. The van der Waals surface area contributed by atoms with Crippen LogP contribution in [0.1, 0.15) is 59.4 Å². The molecule has 1 heterocycles. The Bertz CT molecular complexity index is 722. The van der Waals surface area contributed by atoms with E-state index < -0.39 is 0 Å². The minimum Gasteiger partial charge on any atom is -0.325 e. The molecule has 2 unspecified atom stereocenters. The lowest BCUT2D eigenvalue weighted by molar-refractivity contribution is -0.115. The topological polar surface area (TPSA) is 72.7 Å². The molecule has 136 valence electrons. The Balaban J connectivity index is 2.11. The number of anilines is 1. The summed E-state index contributed by atoms with van der Waals surface area (Å²) in [5.74, 6) is 0.344. The van der Waals surface area contributed by atoms with Crippen molar-refractivity contribution in [2.45, 2.75) is 69.8 Å². The third-order valence-corrected chi connectivity index (χ3v) is 5.12. The molecule has 2 aromatic rings. The number of nitrogens with zero attached hydrogens (tertiary/aromatic N) is 4. The number of benzene rings is 1. The molecule has 0 aliphatic heterocycles. The molecule has 0 aliphatic rings. The first kappa shape index (κ1) is 19.4. The molecule has 1 aromatic carbocycles. The number of para-hydroxylation sites is 1. The Morgan fingerprint density at radius 3 is 2.60 bits per heavy atom. The van der Waals surface area contributed by atoms with Crippen LogP contribution in [0.3, 0.4) is 0 Å². The summed E-state index contributed by atoms with van der Waals surface area (Å²) in [7, 11) is 0. The van der Waals surface area contributed by atoms with Crippen LogP contribution in [0, 0.1) is 0 Å². The fourth-order valence-electron chi connectivity index (χ4n) is 2.38. The second-order valence-electron chi connectivity index (χ2n) is 7.19. The molecule has 1 amide bonds. The molecule has 0 spiro atoms. The van der Waals surface area contributed by atoms with Gasteiger partial charge in [0, 0.05) is 5.69 Å². The molecular formula is C18H27N5OS. The third kappa shape index (κ3) is 4.81. The van der Waals surface area contributed by atoms with Crippen LogP contribution >= 0.6 is 11.8 Å². The molecule has 0 saturated heterocycles. The van der Waals surface area contributed by atoms with Gasteiger partial charge in [0.2, 0.25) is 11.1 Å². The summed E-state index contributed by atoms with van der Waals surface area (Å²) in [6.45, 7) is 12.3. The van der Waals surface area contributed by atoms with Crippen molar-refractivity contribution < 1.29 is 4.79 Å². The summed E-state index contributed by atoms with van der Waals surface area (Å²) in [5.41, 5.74) is 1.81. The van der Waals surface area contributed by atoms with Crippen LogP contribution in [0.5, 0.6) is 0 Å². The molecule has 2 atom stereocenters. The summed E-state index contributed by atoms with van der Waals surface area (Å²) >= 11 is 1.37. The molecule has 0 fully saturated rings. The van der Waals surface area contributed by atoms with Crippen LogP contribution in [-0.2, 0) is 10.3 Å². The summed E-state index contributed by atoms with van der Waals surface area (Å²) < 4.78 is 1.74. The highest BCUT2D eigenvalue weighted by Crippen LogP contribution is 2.29. The SMILES string of the molecule is CCC(C)c1ccccc1NC(=O)C(C)Sc1nnnn1C(C)(C)C. The van der Waals surface area contributed by atoms with Crippen LogP contribution in [0.4, 0.5) is 5.69 Å². The van der Waals surface area contributed by atoms with Crippen LogP contribution in [0.15, 0.2) is 29.4 Å². The Hall–Kier alpha value is -1.89. The quantitative estimate of drug-likeness (QED) is 0.786. The third-order valence-electron chi connectivity index (χ3n) is 4.09. The number of hydrogen-bond donors (Lipinski definition) is 1. The van der Waals surface area contributed by atoms with Gasteiger partial charge in [-0.25, -0.2) is 4.68 Å². The van der Waals surface area contributed by atoms with Crippen LogP contribution in [-0.4, -0.2) is 31.4 Å². The predicted octanol–water partition coefficient (Wildman–Crippen LogP) is 4.06. The van der Waals surface area contributed by atoms with Gasteiger partial charge in [0.05, 0.1) is 10.8 Å². The van der Waals surface area contributed by atoms with Crippen molar-refractivity contribution in [1.29, 1.82) is 0 Å². The zero-order chi connectivity index (χ0) is 18.6. The van der Waals surface area contributed by atoms with Gasteiger partial charge in [-0.1, -0.05) is 43.8 Å². The van der Waals surface area contributed by atoms with Crippen molar-refractivity contribution in [2.24, 2.45) is 0 Å². The van der Waals surface area contributed by atoms with Gasteiger partial charge in [-0.05, 0) is 62.1 Å². The lowest BCUT2D eigenvalue weighted by atomic mass is 9.97. The van der Waals surface area contributed by atoms with Crippen molar-refractivity contribution in [1.82, 2.24) is 20.2 Å². The first-order valence-electron chi connectivity index (χ1n) is 8.59. The average Bonchev–Trinajstić information content (AvgIpc) is 3.03. The zero-order valence-corrected chi connectivity index (χ0v) is 16.6. The molecule has 2 rings (SSSR count). The normalized spacial score (nSPS) is 14.2. The van der Waals surface area contributed by atoms with Gasteiger partial charge in [-0.2, -0.15) is 0 Å². The molecule has 0 bridgehead atoms.